The zero-order valence-corrected chi connectivity index (χ0v) is 15.1. The van der Waals surface area contributed by atoms with E-state index in [0.717, 1.165) is 10.7 Å². The van der Waals surface area contributed by atoms with Gasteiger partial charge in [-0.3, -0.25) is 4.79 Å². The summed E-state index contributed by atoms with van der Waals surface area (Å²) in [4.78, 5) is 28.7. The summed E-state index contributed by atoms with van der Waals surface area (Å²) in [5.74, 6) is -0.228. The molecule has 0 bridgehead atoms. The van der Waals surface area contributed by atoms with Crippen LogP contribution in [0.5, 0.6) is 0 Å². The SMILES string of the molecule is Cc1csc(CNC(=O)Nc2ccccc2C(=O)NC(C)(C)C)n1. The van der Waals surface area contributed by atoms with Crippen molar-refractivity contribution < 1.29 is 9.59 Å². The number of nitrogens with one attached hydrogen (secondary N) is 3. The van der Waals surface area contributed by atoms with Crippen LogP contribution in [0.15, 0.2) is 29.6 Å². The van der Waals surface area contributed by atoms with Crippen LogP contribution in [0.4, 0.5) is 10.5 Å². The van der Waals surface area contributed by atoms with Gasteiger partial charge in [-0.15, -0.1) is 11.3 Å². The molecular formula is C17H22N4O2S. The molecule has 0 aliphatic carbocycles. The quantitative estimate of drug-likeness (QED) is 0.794. The summed E-state index contributed by atoms with van der Waals surface area (Å²) in [7, 11) is 0. The largest absolute Gasteiger partial charge is 0.347 e. The van der Waals surface area contributed by atoms with E-state index in [1.54, 1.807) is 24.3 Å². The number of urea groups is 1. The van der Waals surface area contributed by atoms with Crippen LogP contribution in [0.25, 0.3) is 0 Å². The number of thiazole rings is 1. The number of nitrogens with zero attached hydrogens (tertiary/aromatic N) is 1. The predicted octanol–water partition coefficient (Wildman–Crippen LogP) is 3.30. The summed E-state index contributed by atoms with van der Waals surface area (Å²) in [6.45, 7) is 7.97. The maximum Gasteiger partial charge on any atom is 0.319 e. The summed E-state index contributed by atoms with van der Waals surface area (Å²) < 4.78 is 0. The highest BCUT2D eigenvalue weighted by atomic mass is 32.1. The Hall–Kier alpha value is -2.41. The highest BCUT2D eigenvalue weighted by molar-refractivity contribution is 7.09. The van der Waals surface area contributed by atoms with E-state index < -0.39 is 0 Å². The fraction of sp³-hybridized carbons (Fsp3) is 0.353. The minimum atomic E-state index is -0.376. The first-order valence-corrected chi connectivity index (χ1v) is 8.50. The van der Waals surface area contributed by atoms with E-state index in [4.69, 9.17) is 0 Å². The van der Waals surface area contributed by atoms with Gasteiger partial charge in [0.2, 0.25) is 0 Å². The van der Waals surface area contributed by atoms with Crippen LogP contribution in [0.2, 0.25) is 0 Å². The van der Waals surface area contributed by atoms with Gasteiger partial charge in [0.15, 0.2) is 0 Å². The predicted molar refractivity (Wildman–Crippen MR) is 96.4 cm³/mol. The Labute approximate surface area is 145 Å². The fourth-order valence-corrected chi connectivity index (χ4v) is 2.72. The number of carbonyl (C=O) groups is 2. The number of hydrogen-bond donors (Lipinski definition) is 3. The van der Waals surface area contributed by atoms with Crippen LogP contribution in [-0.2, 0) is 6.54 Å². The molecule has 0 unspecified atom stereocenters. The lowest BCUT2D eigenvalue weighted by Gasteiger charge is -2.21. The van der Waals surface area contributed by atoms with Crippen molar-refractivity contribution in [2.75, 3.05) is 5.32 Å². The number of amides is 3. The zero-order chi connectivity index (χ0) is 17.7. The van der Waals surface area contributed by atoms with Crippen molar-refractivity contribution in [3.05, 3.63) is 45.9 Å². The number of aromatic nitrogens is 1. The maximum atomic E-state index is 12.4. The van der Waals surface area contributed by atoms with Gasteiger partial charge in [-0.25, -0.2) is 9.78 Å². The molecule has 24 heavy (non-hydrogen) atoms. The second kappa shape index (κ2) is 7.44. The first-order valence-electron chi connectivity index (χ1n) is 7.62. The highest BCUT2D eigenvalue weighted by Gasteiger charge is 2.18. The lowest BCUT2D eigenvalue weighted by atomic mass is 10.1. The topological polar surface area (TPSA) is 83.1 Å². The normalized spacial score (nSPS) is 11.0. The molecule has 0 aliphatic rings. The van der Waals surface area contributed by atoms with Crippen LogP contribution in [-0.4, -0.2) is 22.5 Å². The fourth-order valence-electron chi connectivity index (χ4n) is 2.00. The van der Waals surface area contributed by atoms with E-state index in [1.165, 1.54) is 11.3 Å². The molecule has 1 aromatic carbocycles. The molecule has 2 aromatic rings. The maximum absolute atomic E-state index is 12.4. The highest BCUT2D eigenvalue weighted by Crippen LogP contribution is 2.16. The van der Waals surface area contributed by atoms with Gasteiger partial charge >= 0.3 is 6.03 Å². The van der Waals surface area contributed by atoms with E-state index in [-0.39, 0.29) is 17.5 Å². The van der Waals surface area contributed by atoms with Gasteiger partial charge in [0.1, 0.15) is 5.01 Å². The van der Waals surface area contributed by atoms with Crippen molar-refractivity contribution in [2.45, 2.75) is 39.8 Å². The van der Waals surface area contributed by atoms with Crippen molar-refractivity contribution in [1.82, 2.24) is 15.6 Å². The standard InChI is InChI=1S/C17H22N4O2S/c1-11-10-24-14(19-11)9-18-16(23)20-13-8-6-5-7-12(13)15(22)21-17(2,3)4/h5-8,10H,9H2,1-4H3,(H,21,22)(H2,18,20,23). The molecule has 0 aliphatic heterocycles. The van der Waals surface area contributed by atoms with E-state index in [2.05, 4.69) is 20.9 Å². The summed E-state index contributed by atoms with van der Waals surface area (Å²) in [5, 5.41) is 11.1. The summed E-state index contributed by atoms with van der Waals surface area (Å²) >= 11 is 1.49. The molecule has 1 heterocycles. The van der Waals surface area contributed by atoms with Crippen LogP contribution in [0.3, 0.4) is 0 Å². The number of para-hydroxylation sites is 1. The molecule has 0 atom stereocenters. The van der Waals surface area contributed by atoms with Crippen molar-refractivity contribution in [3.8, 4) is 0 Å². The molecule has 3 amide bonds. The van der Waals surface area contributed by atoms with Gasteiger partial charge in [-0.05, 0) is 39.8 Å². The van der Waals surface area contributed by atoms with Crippen LogP contribution in [0, 0.1) is 6.92 Å². The molecule has 3 N–H and O–H groups in total. The molecule has 0 radical (unpaired) electrons. The van der Waals surface area contributed by atoms with E-state index in [0.29, 0.717) is 17.8 Å². The molecule has 0 saturated carbocycles. The van der Waals surface area contributed by atoms with Crippen LogP contribution >= 0.6 is 11.3 Å². The van der Waals surface area contributed by atoms with E-state index in [1.807, 2.05) is 33.1 Å². The van der Waals surface area contributed by atoms with Gasteiger partial charge < -0.3 is 16.0 Å². The second-order valence-electron chi connectivity index (χ2n) is 6.44. The van der Waals surface area contributed by atoms with Crippen molar-refractivity contribution in [2.24, 2.45) is 0 Å². The number of benzene rings is 1. The summed E-state index contributed by atoms with van der Waals surface area (Å²) in [6, 6.07) is 6.54. The molecule has 7 heteroatoms. The number of hydrogen-bond acceptors (Lipinski definition) is 4. The minimum absolute atomic E-state index is 0.228. The Morgan fingerprint density at radius 2 is 1.92 bits per heavy atom. The van der Waals surface area contributed by atoms with Gasteiger partial charge in [0, 0.05) is 16.6 Å². The van der Waals surface area contributed by atoms with Crippen molar-refractivity contribution in [3.63, 3.8) is 0 Å². The molecule has 0 spiro atoms. The lowest BCUT2D eigenvalue weighted by Crippen LogP contribution is -2.41. The van der Waals surface area contributed by atoms with E-state index >= 15 is 0 Å². The zero-order valence-electron chi connectivity index (χ0n) is 14.3. The Morgan fingerprint density at radius 1 is 1.21 bits per heavy atom. The smallest absolute Gasteiger partial charge is 0.319 e. The average molecular weight is 346 g/mol. The third kappa shape index (κ3) is 5.34. The molecule has 6 nitrogen and oxygen atoms in total. The monoisotopic (exact) mass is 346 g/mol. The first kappa shape index (κ1) is 17.9. The summed E-state index contributed by atoms with van der Waals surface area (Å²) in [6.07, 6.45) is 0. The molecule has 0 saturated heterocycles. The lowest BCUT2D eigenvalue weighted by molar-refractivity contribution is 0.0920. The van der Waals surface area contributed by atoms with Crippen molar-refractivity contribution in [1.29, 1.82) is 0 Å². The Morgan fingerprint density at radius 3 is 2.54 bits per heavy atom. The van der Waals surface area contributed by atoms with Gasteiger partial charge in [-0.1, -0.05) is 12.1 Å². The number of carbonyl (C=O) groups excluding carboxylic acids is 2. The van der Waals surface area contributed by atoms with Gasteiger partial charge in [-0.2, -0.15) is 0 Å². The molecule has 1 aromatic heterocycles. The molecule has 0 fully saturated rings. The molecular weight excluding hydrogens is 324 g/mol. The first-order chi connectivity index (χ1) is 11.2. The Balaban J connectivity index is 2.01. The number of aryl methyl sites for hydroxylation is 1. The molecule has 128 valence electrons. The third-order valence-electron chi connectivity index (χ3n) is 2.98. The average Bonchev–Trinajstić information content (AvgIpc) is 2.89. The molecule has 2 rings (SSSR count). The summed E-state index contributed by atoms with van der Waals surface area (Å²) in [5.41, 5.74) is 1.47. The van der Waals surface area contributed by atoms with E-state index in [9.17, 15) is 9.59 Å². The Bertz CT molecular complexity index is 734. The number of anilines is 1. The van der Waals surface area contributed by atoms with Gasteiger partial charge in [0.25, 0.3) is 5.91 Å². The number of rotatable bonds is 4. The second-order valence-corrected chi connectivity index (χ2v) is 7.38. The van der Waals surface area contributed by atoms with Gasteiger partial charge in [0.05, 0.1) is 17.8 Å². The third-order valence-corrected chi connectivity index (χ3v) is 3.94. The van der Waals surface area contributed by atoms with Crippen LogP contribution in [0.1, 0.15) is 41.8 Å². The minimum Gasteiger partial charge on any atom is -0.347 e. The van der Waals surface area contributed by atoms with Crippen LogP contribution < -0.4 is 16.0 Å². The van der Waals surface area contributed by atoms with Crippen molar-refractivity contribution >= 4 is 29.0 Å². The Kier molecular flexibility index (Phi) is 5.56.